The lowest BCUT2D eigenvalue weighted by atomic mass is 9.93. The molecule has 0 aliphatic carbocycles. The van der Waals surface area contributed by atoms with Crippen LogP contribution in [0.2, 0.25) is 5.02 Å². The maximum atomic E-state index is 14.1. The van der Waals surface area contributed by atoms with Gasteiger partial charge >= 0.3 is 6.18 Å². The summed E-state index contributed by atoms with van der Waals surface area (Å²) in [5, 5.41) is 6.26. The number of pyridine rings is 1. The summed E-state index contributed by atoms with van der Waals surface area (Å²) in [7, 11) is 0. The minimum absolute atomic E-state index is 0.0511. The minimum Gasteiger partial charge on any atom is -0.341 e. The number of nitrogens with zero attached hydrogens (tertiary/aromatic N) is 1. The Hall–Kier alpha value is -4.05. The zero-order valence-electron chi connectivity index (χ0n) is 17.9. The van der Waals surface area contributed by atoms with Crippen LogP contribution in [0.5, 0.6) is 0 Å². The predicted octanol–water partition coefficient (Wildman–Crippen LogP) is 6.27. The molecule has 2 heterocycles. The molecule has 4 aromatic rings. The molecule has 1 aromatic heterocycles. The van der Waals surface area contributed by atoms with Crippen LogP contribution in [0.1, 0.15) is 43.4 Å². The van der Waals surface area contributed by atoms with Crippen molar-refractivity contribution in [3.8, 4) is 0 Å². The highest BCUT2D eigenvalue weighted by molar-refractivity contribution is 6.31. The monoisotopic (exact) mass is 517 g/mol. The van der Waals surface area contributed by atoms with E-state index >= 15 is 0 Å². The molecule has 1 atom stereocenters. The molecule has 0 saturated carbocycles. The summed E-state index contributed by atoms with van der Waals surface area (Å²) in [6, 6.07) is 7.12. The van der Waals surface area contributed by atoms with E-state index in [1.807, 2.05) is 0 Å². The fraction of sp³-hybridized carbons (Fsp3) is 0.0800. The first-order valence-corrected chi connectivity index (χ1v) is 10.8. The van der Waals surface area contributed by atoms with E-state index in [0.29, 0.717) is 22.9 Å². The van der Waals surface area contributed by atoms with Crippen molar-refractivity contribution < 1.29 is 31.5 Å². The summed E-state index contributed by atoms with van der Waals surface area (Å²) in [5.74, 6) is -3.45. The molecule has 1 aliphatic rings. The van der Waals surface area contributed by atoms with Crippen LogP contribution < -0.4 is 10.6 Å². The largest absolute Gasteiger partial charge is 0.416 e. The molecule has 3 aromatic carbocycles. The van der Waals surface area contributed by atoms with Crippen LogP contribution in [-0.4, -0.2) is 16.8 Å². The van der Waals surface area contributed by atoms with Crippen molar-refractivity contribution >= 4 is 39.9 Å². The first kappa shape index (κ1) is 23.7. The van der Waals surface area contributed by atoms with Crippen LogP contribution in [0.15, 0.2) is 60.9 Å². The zero-order chi connectivity index (χ0) is 25.8. The van der Waals surface area contributed by atoms with Crippen molar-refractivity contribution in [1.82, 2.24) is 10.3 Å². The minimum atomic E-state index is -4.87. The van der Waals surface area contributed by atoms with Crippen LogP contribution >= 0.6 is 11.6 Å². The number of carbonyl (C=O) groups is 2. The Labute approximate surface area is 204 Å². The second-order valence-electron chi connectivity index (χ2n) is 8.06. The number of aromatic nitrogens is 1. The second kappa shape index (κ2) is 8.56. The van der Waals surface area contributed by atoms with Gasteiger partial charge in [0.2, 0.25) is 0 Å². The zero-order valence-corrected chi connectivity index (χ0v) is 18.6. The third kappa shape index (κ3) is 4.13. The third-order valence-electron chi connectivity index (χ3n) is 5.78. The number of hydrogen-bond donors (Lipinski definition) is 2. The standard InChI is InChI=1S/C25H13ClF5N3O2/c26-18-2-1-14(27)9-16(18)22-21-19(7-11-3-4-32-10-17(11)20(21)24(36)34-22)33-23(35)12-5-13(25(29,30)31)8-15(28)6-12/h1-10,22H,(H,33,35)(H,34,36). The normalized spacial score (nSPS) is 15.1. The van der Waals surface area contributed by atoms with Gasteiger partial charge in [0.1, 0.15) is 11.6 Å². The van der Waals surface area contributed by atoms with Gasteiger partial charge in [-0.2, -0.15) is 13.2 Å². The number of anilines is 1. The van der Waals surface area contributed by atoms with Gasteiger partial charge in [0.25, 0.3) is 11.8 Å². The molecule has 2 amide bonds. The fourth-order valence-corrected chi connectivity index (χ4v) is 4.45. The molecule has 5 rings (SSSR count). The van der Waals surface area contributed by atoms with Gasteiger partial charge in [-0.05, 0) is 53.9 Å². The number of nitrogens with one attached hydrogen (secondary N) is 2. The van der Waals surface area contributed by atoms with Crippen molar-refractivity contribution in [3.05, 3.63) is 105 Å². The molecule has 36 heavy (non-hydrogen) atoms. The van der Waals surface area contributed by atoms with Crippen LogP contribution in [0, 0.1) is 11.6 Å². The molecule has 11 heteroatoms. The maximum Gasteiger partial charge on any atom is 0.416 e. The molecule has 182 valence electrons. The highest BCUT2D eigenvalue weighted by Gasteiger charge is 2.36. The van der Waals surface area contributed by atoms with Gasteiger partial charge in [-0.25, -0.2) is 8.78 Å². The molecular weight excluding hydrogens is 505 g/mol. The van der Waals surface area contributed by atoms with E-state index in [1.54, 1.807) is 6.07 Å². The number of hydrogen-bond acceptors (Lipinski definition) is 3. The Balaban J connectivity index is 1.67. The van der Waals surface area contributed by atoms with Crippen molar-refractivity contribution in [2.24, 2.45) is 0 Å². The van der Waals surface area contributed by atoms with Crippen molar-refractivity contribution in [1.29, 1.82) is 0 Å². The summed E-state index contributed by atoms with van der Waals surface area (Å²) in [6.07, 6.45) is -1.97. The average molecular weight is 518 g/mol. The Morgan fingerprint density at radius 3 is 2.56 bits per heavy atom. The SMILES string of the molecule is O=C(Nc1cc2ccncc2c2c1C(c1cc(F)ccc1Cl)NC2=O)c1cc(F)cc(C(F)(F)F)c1. The number of carbonyl (C=O) groups excluding carboxylic acids is 2. The average Bonchev–Trinajstić information content (AvgIpc) is 3.17. The molecule has 2 N–H and O–H groups in total. The highest BCUT2D eigenvalue weighted by atomic mass is 35.5. The van der Waals surface area contributed by atoms with Crippen molar-refractivity contribution in [2.45, 2.75) is 12.2 Å². The lowest BCUT2D eigenvalue weighted by Crippen LogP contribution is -2.21. The van der Waals surface area contributed by atoms with E-state index in [4.69, 9.17) is 11.6 Å². The van der Waals surface area contributed by atoms with E-state index in [2.05, 4.69) is 15.6 Å². The number of benzene rings is 3. The molecule has 0 radical (unpaired) electrons. The fourth-order valence-electron chi connectivity index (χ4n) is 4.22. The van der Waals surface area contributed by atoms with Gasteiger partial charge < -0.3 is 10.6 Å². The van der Waals surface area contributed by atoms with Crippen LogP contribution in [-0.2, 0) is 6.18 Å². The van der Waals surface area contributed by atoms with Crippen molar-refractivity contribution in [2.75, 3.05) is 5.32 Å². The van der Waals surface area contributed by atoms with E-state index in [0.717, 1.165) is 12.1 Å². The topological polar surface area (TPSA) is 71.1 Å². The molecule has 0 bridgehead atoms. The quantitative estimate of drug-likeness (QED) is 0.315. The number of amides is 2. The van der Waals surface area contributed by atoms with Gasteiger partial charge in [-0.15, -0.1) is 0 Å². The van der Waals surface area contributed by atoms with E-state index in [1.165, 1.54) is 24.5 Å². The lowest BCUT2D eigenvalue weighted by molar-refractivity contribution is -0.137. The summed E-state index contributed by atoms with van der Waals surface area (Å²) >= 11 is 6.27. The van der Waals surface area contributed by atoms with Gasteiger partial charge in [0.15, 0.2) is 0 Å². The molecule has 1 unspecified atom stereocenters. The van der Waals surface area contributed by atoms with Crippen molar-refractivity contribution in [3.63, 3.8) is 0 Å². The first-order valence-electron chi connectivity index (χ1n) is 10.4. The Kier molecular flexibility index (Phi) is 5.63. The summed E-state index contributed by atoms with van der Waals surface area (Å²) in [6.45, 7) is 0. The van der Waals surface area contributed by atoms with Gasteiger partial charge in [-0.3, -0.25) is 14.6 Å². The van der Waals surface area contributed by atoms with E-state index in [-0.39, 0.29) is 33.5 Å². The molecule has 0 fully saturated rings. The molecule has 0 saturated heterocycles. The Bertz CT molecular complexity index is 1570. The Morgan fingerprint density at radius 2 is 1.81 bits per heavy atom. The van der Waals surface area contributed by atoms with Gasteiger partial charge in [0.05, 0.1) is 17.2 Å². The number of fused-ring (bicyclic) bond motifs is 3. The number of halogens is 6. The van der Waals surface area contributed by atoms with E-state index < -0.39 is 46.8 Å². The van der Waals surface area contributed by atoms with Crippen LogP contribution in [0.4, 0.5) is 27.6 Å². The molecular formula is C25H13ClF5N3O2. The lowest BCUT2D eigenvalue weighted by Gasteiger charge is -2.19. The van der Waals surface area contributed by atoms with Gasteiger partial charge in [0, 0.05) is 45.2 Å². The summed E-state index contributed by atoms with van der Waals surface area (Å²) in [4.78, 5) is 30.0. The van der Waals surface area contributed by atoms with Crippen LogP contribution in [0.3, 0.4) is 0 Å². The van der Waals surface area contributed by atoms with Gasteiger partial charge in [-0.1, -0.05) is 11.6 Å². The Morgan fingerprint density at radius 1 is 1.03 bits per heavy atom. The first-order chi connectivity index (χ1) is 17.0. The summed E-state index contributed by atoms with van der Waals surface area (Å²) in [5.41, 5.74) is -1.31. The molecule has 0 spiro atoms. The predicted molar refractivity (Wildman–Crippen MR) is 122 cm³/mol. The smallest absolute Gasteiger partial charge is 0.341 e. The third-order valence-corrected chi connectivity index (χ3v) is 6.12. The summed E-state index contributed by atoms with van der Waals surface area (Å²) < 4.78 is 67.4. The highest BCUT2D eigenvalue weighted by Crippen LogP contribution is 2.42. The maximum absolute atomic E-state index is 14.1. The van der Waals surface area contributed by atoms with Crippen LogP contribution in [0.25, 0.3) is 10.8 Å². The molecule has 1 aliphatic heterocycles. The van der Waals surface area contributed by atoms with E-state index in [9.17, 15) is 31.5 Å². The number of alkyl halides is 3. The number of rotatable bonds is 3. The molecule has 5 nitrogen and oxygen atoms in total. The second-order valence-corrected chi connectivity index (χ2v) is 8.47.